The highest BCUT2D eigenvalue weighted by Gasteiger charge is 2.10. The maximum atomic E-state index is 12.3. The van der Waals surface area contributed by atoms with E-state index in [1.165, 1.54) is 6.92 Å². The average molecular weight is 477 g/mol. The second-order valence-electron chi connectivity index (χ2n) is 8.11. The predicted molar refractivity (Wildman–Crippen MR) is 143 cm³/mol. The highest BCUT2D eigenvalue weighted by atomic mass is 16.6. The zero-order valence-electron chi connectivity index (χ0n) is 20.7. The molecule has 0 spiro atoms. The number of hydrogen-bond acceptors (Lipinski definition) is 4. The molecule has 0 heterocycles. The third kappa shape index (κ3) is 11.9. The molecule has 0 aliphatic rings. The summed E-state index contributed by atoms with van der Waals surface area (Å²) in [5.74, 6) is -0.0893. The summed E-state index contributed by atoms with van der Waals surface area (Å²) in [6, 6.07) is 15.4. The van der Waals surface area contributed by atoms with Gasteiger partial charge >= 0.3 is 6.09 Å². The largest absolute Gasteiger partial charge is 0.442 e. The van der Waals surface area contributed by atoms with Gasteiger partial charge in [-0.05, 0) is 67.5 Å². The van der Waals surface area contributed by atoms with Crippen LogP contribution in [0, 0.1) is 0 Å². The quantitative estimate of drug-likeness (QED) is 0.236. The molecule has 0 fully saturated rings. The predicted octanol–water partition coefficient (Wildman–Crippen LogP) is 6.66. The molecule has 186 valence electrons. The van der Waals surface area contributed by atoms with E-state index in [0.29, 0.717) is 18.7 Å². The van der Waals surface area contributed by atoms with E-state index in [2.05, 4.69) is 35.4 Å². The van der Waals surface area contributed by atoms with Crippen LogP contribution in [0.2, 0.25) is 0 Å². The number of unbranched alkanes of at least 4 members (excludes halogenated alkanes) is 1. The molecule has 0 saturated carbocycles. The molecule has 1 atom stereocenters. The van der Waals surface area contributed by atoms with Gasteiger partial charge in [-0.1, -0.05) is 61.2 Å². The lowest BCUT2D eigenvalue weighted by molar-refractivity contribution is -0.114. The molecule has 2 amide bonds. The lowest BCUT2D eigenvalue weighted by atomic mass is 10.0. The Morgan fingerprint density at radius 3 is 1.94 bits per heavy atom. The SMILES string of the molecule is C=CC(CC/C=C\CC/C=C/COC)OC(=O)Nc1ccc(Cc2ccc(NC(C)=O)cc2)cc1. The second-order valence-corrected chi connectivity index (χ2v) is 8.11. The van der Waals surface area contributed by atoms with Crippen molar-refractivity contribution in [3.63, 3.8) is 0 Å². The Morgan fingerprint density at radius 1 is 0.857 bits per heavy atom. The molecule has 35 heavy (non-hydrogen) atoms. The van der Waals surface area contributed by atoms with Crippen molar-refractivity contribution >= 4 is 23.4 Å². The minimum atomic E-state index is -0.497. The maximum absolute atomic E-state index is 12.3. The third-order valence-electron chi connectivity index (χ3n) is 5.12. The highest BCUT2D eigenvalue weighted by molar-refractivity contribution is 5.88. The zero-order chi connectivity index (χ0) is 25.3. The summed E-state index contributed by atoms with van der Waals surface area (Å²) in [4.78, 5) is 23.4. The fraction of sp³-hybridized carbons (Fsp3) is 0.310. The van der Waals surface area contributed by atoms with Crippen LogP contribution in [0.15, 0.2) is 85.5 Å². The number of nitrogens with one attached hydrogen (secondary N) is 2. The van der Waals surface area contributed by atoms with E-state index >= 15 is 0 Å². The molecule has 0 aliphatic heterocycles. The van der Waals surface area contributed by atoms with Gasteiger partial charge in [-0.2, -0.15) is 0 Å². The van der Waals surface area contributed by atoms with Gasteiger partial charge in [0, 0.05) is 25.4 Å². The molecule has 2 rings (SSSR count). The molecule has 2 aromatic carbocycles. The first-order valence-corrected chi connectivity index (χ1v) is 11.8. The van der Waals surface area contributed by atoms with Crippen molar-refractivity contribution in [2.75, 3.05) is 24.4 Å². The van der Waals surface area contributed by atoms with E-state index in [1.54, 1.807) is 13.2 Å². The van der Waals surface area contributed by atoms with E-state index in [-0.39, 0.29) is 12.0 Å². The molecule has 6 nitrogen and oxygen atoms in total. The third-order valence-corrected chi connectivity index (χ3v) is 5.12. The molecule has 0 aromatic heterocycles. The fourth-order valence-electron chi connectivity index (χ4n) is 3.33. The number of carbonyl (C=O) groups excluding carboxylic acids is 2. The number of methoxy groups -OCH3 is 1. The van der Waals surface area contributed by atoms with E-state index in [0.717, 1.165) is 42.5 Å². The molecule has 1 unspecified atom stereocenters. The van der Waals surface area contributed by atoms with Gasteiger partial charge < -0.3 is 14.8 Å². The van der Waals surface area contributed by atoms with Crippen LogP contribution in [0.3, 0.4) is 0 Å². The van der Waals surface area contributed by atoms with Gasteiger partial charge in [-0.15, -0.1) is 0 Å². The Bertz CT molecular complexity index is 979. The van der Waals surface area contributed by atoms with Gasteiger partial charge in [0.1, 0.15) is 6.10 Å². The normalized spacial score (nSPS) is 11.9. The first kappa shape index (κ1) is 27.6. The van der Waals surface area contributed by atoms with Gasteiger partial charge in [0.25, 0.3) is 0 Å². The van der Waals surface area contributed by atoms with Crippen LogP contribution < -0.4 is 10.6 Å². The molecule has 0 bridgehead atoms. The Kier molecular flexibility index (Phi) is 12.7. The molecule has 0 saturated heterocycles. The van der Waals surface area contributed by atoms with Gasteiger partial charge in [-0.3, -0.25) is 10.1 Å². The summed E-state index contributed by atoms with van der Waals surface area (Å²) < 4.78 is 10.4. The molecule has 2 aromatic rings. The van der Waals surface area contributed by atoms with Gasteiger partial charge in [-0.25, -0.2) is 4.79 Å². The molecule has 6 heteroatoms. The molecular weight excluding hydrogens is 440 g/mol. The van der Waals surface area contributed by atoms with Crippen LogP contribution in [0.4, 0.5) is 16.2 Å². The van der Waals surface area contributed by atoms with Gasteiger partial charge in [0.05, 0.1) is 6.61 Å². The van der Waals surface area contributed by atoms with Crippen molar-refractivity contribution in [2.24, 2.45) is 0 Å². The van der Waals surface area contributed by atoms with Crippen molar-refractivity contribution < 1.29 is 19.1 Å². The Labute approximate surface area is 208 Å². The maximum Gasteiger partial charge on any atom is 0.412 e. The van der Waals surface area contributed by atoms with Crippen molar-refractivity contribution in [3.8, 4) is 0 Å². The van der Waals surface area contributed by atoms with Crippen LogP contribution in [0.5, 0.6) is 0 Å². The number of hydrogen-bond donors (Lipinski definition) is 2. The Balaban J connectivity index is 1.73. The van der Waals surface area contributed by atoms with Crippen LogP contribution in [-0.4, -0.2) is 31.8 Å². The topological polar surface area (TPSA) is 76.7 Å². The second kappa shape index (κ2) is 16.1. The Morgan fingerprint density at radius 2 is 1.40 bits per heavy atom. The summed E-state index contributed by atoms with van der Waals surface area (Å²) in [6.07, 6.45) is 13.4. The average Bonchev–Trinajstić information content (AvgIpc) is 2.84. The lowest BCUT2D eigenvalue weighted by Gasteiger charge is -2.14. The highest BCUT2D eigenvalue weighted by Crippen LogP contribution is 2.17. The Hall–Kier alpha value is -3.64. The fourth-order valence-corrected chi connectivity index (χ4v) is 3.33. The molecule has 2 N–H and O–H groups in total. The first-order chi connectivity index (χ1) is 17.0. The zero-order valence-corrected chi connectivity index (χ0v) is 20.7. The first-order valence-electron chi connectivity index (χ1n) is 11.8. The number of ether oxygens (including phenoxy) is 2. The summed E-state index contributed by atoms with van der Waals surface area (Å²) >= 11 is 0. The van der Waals surface area contributed by atoms with Crippen LogP contribution >= 0.6 is 0 Å². The molecular formula is C29H36N2O4. The summed E-state index contributed by atoms with van der Waals surface area (Å²) in [5.41, 5.74) is 3.69. The monoisotopic (exact) mass is 476 g/mol. The number of anilines is 2. The van der Waals surface area contributed by atoms with E-state index in [9.17, 15) is 9.59 Å². The summed E-state index contributed by atoms with van der Waals surface area (Å²) in [7, 11) is 1.68. The van der Waals surface area contributed by atoms with Gasteiger partial charge in [0.15, 0.2) is 0 Å². The van der Waals surface area contributed by atoms with Crippen LogP contribution in [0.1, 0.15) is 43.7 Å². The number of rotatable bonds is 14. The minimum Gasteiger partial charge on any atom is -0.442 e. The van der Waals surface area contributed by atoms with Crippen LogP contribution in [0.25, 0.3) is 0 Å². The smallest absolute Gasteiger partial charge is 0.412 e. The van der Waals surface area contributed by atoms with E-state index < -0.39 is 6.09 Å². The van der Waals surface area contributed by atoms with Crippen molar-refractivity contribution in [1.82, 2.24) is 0 Å². The minimum absolute atomic E-state index is 0.0893. The lowest BCUT2D eigenvalue weighted by Crippen LogP contribution is -2.20. The van der Waals surface area contributed by atoms with E-state index in [1.807, 2.05) is 54.6 Å². The number of allylic oxidation sites excluding steroid dienone is 3. The van der Waals surface area contributed by atoms with Crippen molar-refractivity contribution in [1.29, 1.82) is 0 Å². The van der Waals surface area contributed by atoms with Crippen LogP contribution in [-0.2, 0) is 20.7 Å². The molecule has 0 aliphatic carbocycles. The van der Waals surface area contributed by atoms with Gasteiger partial charge in [0.2, 0.25) is 5.91 Å². The number of amides is 2. The molecule has 0 radical (unpaired) electrons. The van der Waals surface area contributed by atoms with Crippen molar-refractivity contribution in [3.05, 3.63) is 96.6 Å². The standard InChI is InChI=1S/C29H36N2O4/c1-4-28(12-10-8-6-5-7-9-11-21-34-3)35-29(33)31-27-19-15-25(16-20-27)22-24-13-17-26(18-14-24)30-23(2)32/h4,6,8-9,11,13-20,28H,1,5,7,10,12,21-22H2,2-3H3,(H,30,32)(H,31,33)/b8-6-,11-9+. The number of carbonyl (C=O) groups is 2. The van der Waals surface area contributed by atoms with Crippen molar-refractivity contribution in [2.45, 2.75) is 45.1 Å². The van der Waals surface area contributed by atoms with E-state index in [4.69, 9.17) is 9.47 Å². The number of benzene rings is 2. The summed E-state index contributed by atoms with van der Waals surface area (Å²) in [5, 5.41) is 5.53. The summed E-state index contributed by atoms with van der Waals surface area (Å²) in [6.45, 7) is 5.91.